The molecule has 8 aromatic carbocycles. The van der Waals surface area contributed by atoms with Crippen LogP contribution in [0.25, 0.3) is 44.2 Å². The van der Waals surface area contributed by atoms with Crippen LogP contribution in [0.4, 0.5) is 28.4 Å². The van der Waals surface area contributed by atoms with Crippen LogP contribution in [0.5, 0.6) is 5.75 Å². The van der Waals surface area contributed by atoms with E-state index in [1.807, 2.05) is 54.6 Å². The lowest BCUT2D eigenvalue weighted by Crippen LogP contribution is -2.23. The van der Waals surface area contributed by atoms with Crippen molar-refractivity contribution in [2.45, 2.75) is 76.5 Å². The van der Waals surface area contributed by atoms with Crippen LogP contribution < -0.4 is 10.2 Å². The molecule has 0 amide bonds. The highest BCUT2D eigenvalue weighted by atomic mass is 16.3. The first-order valence-corrected chi connectivity index (χ1v) is 23.0. The van der Waals surface area contributed by atoms with Crippen molar-refractivity contribution >= 4 is 50.4 Å². The summed E-state index contributed by atoms with van der Waals surface area (Å²) in [5, 5.41) is 16.6. The first-order valence-electron chi connectivity index (χ1n) is 23.0. The summed E-state index contributed by atoms with van der Waals surface area (Å²) in [6, 6.07) is 65.9. The Labute approximate surface area is 377 Å². The molecule has 64 heavy (non-hydrogen) atoms. The summed E-state index contributed by atoms with van der Waals surface area (Å²) in [4.78, 5) is 2.35. The Morgan fingerprint density at radius 1 is 0.469 bits per heavy atom. The normalized spacial score (nSPS) is 16.5. The lowest BCUT2D eigenvalue weighted by Gasteiger charge is -2.30. The van der Waals surface area contributed by atoms with Gasteiger partial charge in [0, 0.05) is 50.2 Å². The van der Waals surface area contributed by atoms with Gasteiger partial charge >= 0.3 is 0 Å². The average molecular weight is 837 g/mol. The van der Waals surface area contributed by atoms with Crippen molar-refractivity contribution < 1.29 is 9.52 Å². The number of hydrogen-bond acceptors (Lipinski definition) is 4. The second-order valence-corrected chi connectivity index (χ2v) is 18.6. The van der Waals surface area contributed by atoms with Gasteiger partial charge in [0.1, 0.15) is 16.9 Å². The SMILES string of the molecule is C1CC1.C1CC1.CC1(C)CC(C)(c2ccc(N(c3ccc(-c4ccccc4)cc3)c3ccc4oc5ccccc5c4c3)cc2)c2cc(Nc3ccc(O)c(-c4ccccc4)c3)ccc21. The van der Waals surface area contributed by atoms with E-state index in [4.69, 9.17) is 4.42 Å². The summed E-state index contributed by atoms with van der Waals surface area (Å²) in [6.45, 7) is 7.12. The van der Waals surface area contributed by atoms with Gasteiger partial charge < -0.3 is 19.7 Å². The number of nitrogens with zero attached hydrogens (tertiary/aromatic N) is 1. The van der Waals surface area contributed by atoms with Crippen molar-refractivity contribution in [2.75, 3.05) is 10.2 Å². The van der Waals surface area contributed by atoms with Crippen LogP contribution in [-0.2, 0) is 10.8 Å². The molecule has 1 heterocycles. The smallest absolute Gasteiger partial charge is 0.135 e. The van der Waals surface area contributed by atoms with Crippen LogP contribution in [0.1, 0.15) is 82.4 Å². The number of benzene rings is 8. The Balaban J connectivity index is 0.000000748. The monoisotopic (exact) mass is 836 g/mol. The van der Waals surface area contributed by atoms with Gasteiger partial charge in [-0.05, 0) is 124 Å². The quantitative estimate of drug-likeness (QED) is 0.150. The van der Waals surface area contributed by atoms with E-state index in [1.165, 1.54) is 66.3 Å². The van der Waals surface area contributed by atoms with Gasteiger partial charge in [0.25, 0.3) is 0 Å². The summed E-state index contributed by atoms with van der Waals surface area (Å²) in [7, 11) is 0. The first kappa shape index (κ1) is 41.0. The molecule has 1 atom stereocenters. The molecule has 12 rings (SSSR count). The highest BCUT2D eigenvalue weighted by Gasteiger charge is 2.45. The van der Waals surface area contributed by atoms with Gasteiger partial charge in [0.05, 0.1) is 0 Å². The Hall–Kier alpha value is -7.04. The van der Waals surface area contributed by atoms with Crippen LogP contribution >= 0.6 is 0 Å². The standard InChI is InChI=1S/C54H44N2O2.2C3H6/c1-53(2)35-54(3,49-33-41(22-29-48(49)53)55-40-23-30-50(57)46(32-40)38-14-8-5-9-15-38)39-20-26-43(27-21-39)56(42-24-18-37(19-25-42)36-12-6-4-7-13-36)44-28-31-52-47(34-44)45-16-10-11-17-51(45)58-52;2*1-2-3-1/h4-34,55,57H,35H2,1-3H3;2*1-3H2. The fourth-order valence-electron chi connectivity index (χ4n) is 9.34. The minimum Gasteiger partial charge on any atom is -0.507 e. The van der Waals surface area contributed by atoms with Gasteiger partial charge in [-0.1, -0.05) is 168 Å². The summed E-state index contributed by atoms with van der Waals surface area (Å²) in [5.74, 6) is 0.266. The van der Waals surface area contributed by atoms with Crippen molar-refractivity contribution in [3.05, 3.63) is 205 Å². The largest absolute Gasteiger partial charge is 0.507 e. The van der Waals surface area contributed by atoms with Crippen molar-refractivity contribution in [3.63, 3.8) is 0 Å². The minimum absolute atomic E-state index is 0.00435. The fraction of sp³-hybridized carbons (Fsp3) is 0.200. The molecule has 3 aliphatic carbocycles. The Morgan fingerprint density at radius 3 is 1.69 bits per heavy atom. The molecule has 0 aliphatic heterocycles. The van der Waals surface area contributed by atoms with E-state index in [1.54, 1.807) is 6.07 Å². The van der Waals surface area contributed by atoms with E-state index < -0.39 is 0 Å². The molecule has 2 saturated carbocycles. The summed E-state index contributed by atoms with van der Waals surface area (Å²) in [6.07, 6.45) is 9.99. The fourth-order valence-corrected chi connectivity index (χ4v) is 9.34. The van der Waals surface area contributed by atoms with E-state index in [-0.39, 0.29) is 16.6 Å². The maximum Gasteiger partial charge on any atom is 0.135 e. The number of phenolic OH excluding ortho intramolecular Hbond substituents is 1. The highest BCUT2D eigenvalue weighted by Crippen LogP contribution is 2.54. The molecule has 1 unspecified atom stereocenters. The predicted octanol–water partition coefficient (Wildman–Crippen LogP) is 17.2. The number of nitrogens with one attached hydrogen (secondary N) is 1. The molecule has 2 N–H and O–H groups in total. The molecule has 1 aromatic heterocycles. The second kappa shape index (κ2) is 17.3. The zero-order valence-corrected chi connectivity index (χ0v) is 37.2. The van der Waals surface area contributed by atoms with Gasteiger partial charge in [-0.15, -0.1) is 0 Å². The third kappa shape index (κ3) is 8.53. The van der Waals surface area contributed by atoms with Crippen LogP contribution in [0, 0.1) is 0 Å². The highest BCUT2D eigenvalue weighted by molar-refractivity contribution is 6.06. The number of phenols is 1. The lowest BCUT2D eigenvalue weighted by molar-refractivity contribution is 0.425. The van der Waals surface area contributed by atoms with E-state index >= 15 is 0 Å². The van der Waals surface area contributed by atoms with Gasteiger partial charge in [0.2, 0.25) is 0 Å². The third-order valence-electron chi connectivity index (χ3n) is 12.8. The van der Waals surface area contributed by atoms with Gasteiger partial charge in [-0.25, -0.2) is 0 Å². The Kier molecular flexibility index (Phi) is 11.1. The number of anilines is 5. The number of aromatic hydroxyl groups is 1. The molecule has 4 heteroatoms. The van der Waals surface area contributed by atoms with Crippen LogP contribution in [0.3, 0.4) is 0 Å². The summed E-state index contributed by atoms with van der Waals surface area (Å²) >= 11 is 0. The molecular formula is C60H56N2O2. The van der Waals surface area contributed by atoms with E-state index in [2.05, 4.69) is 158 Å². The van der Waals surface area contributed by atoms with E-state index in [0.717, 1.165) is 67.9 Å². The molecule has 0 radical (unpaired) electrons. The molecule has 3 aliphatic rings. The maximum absolute atomic E-state index is 10.7. The molecular weight excluding hydrogens is 781 g/mol. The van der Waals surface area contributed by atoms with Crippen LogP contribution in [-0.4, -0.2) is 5.11 Å². The molecule has 0 bridgehead atoms. The minimum atomic E-state index is -0.212. The third-order valence-corrected chi connectivity index (χ3v) is 12.8. The zero-order chi connectivity index (χ0) is 43.7. The van der Waals surface area contributed by atoms with Crippen molar-refractivity contribution in [3.8, 4) is 28.0 Å². The number of para-hydroxylation sites is 1. The maximum atomic E-state index is 10.7. The molecule has 9 aromatic rings. The van der Waals surface area contributed by atoms with Crippen LogP contribution in [0.15, 0.2) is 192 Å². The van der Waals surface area contributed by atoms with Crippen LogP contribution in [0.2, 0.25) is 0 Å². The van der Waals surface area contributed by atoms with E-state index in [9.17, 15) is 5.11 Å². The Bertz CT molecular complexity index is 3030. The molecule has 318 valence electrons. The summed E-state index contributed by atoms with van der Waals surface area (Å²) in [5.41, 5.74) is 14.9. The van der Waals surface area contributed by atoms with Gasteiger partial charge in [-0.2, -0.15) is 0 Å². The predicted molar refractivity (Wildman–Crippen MR) is 269 cm³/mol. The van der Waals surface area contributed by atoms with Crippen molar-refractivity contribution in [1.82, 2.24) is 0 Å². The lowest BCUT2D eigenvalue weighted by atomic mass is 9.75. The van der Waals surface area contributed by atoms with Crippen molar-refractivity contribution in [2.24, 2.45) is 0 Å². The zero-order valence-electron chi connectivity index (χ0n) is 37.2. The van der Waals surface area contributed by atoms with Crippen molar-refractivity contribution in [1.29, 1.82) is 0 Å². The molecule has 0 spiro atoms. The molecule has 4 nitrogen and oxygen atoms in total. The average Bonchev–Trinajstić information content (AvgIpc) is 4.27. The number of fused-ring (bicyclic) bond motifs is 4. The van der Waals surface area contributed by atoms with Gasteiger partial charge in [0.15, 0.2) is 0 Å². The number of furan rings is 1. The molecule has 2 fully saturated rings. The summed E-state index contributed by atoms with van der Waals surface area (Å²) < 4.78 is 6.23. The number of rotatable bonds is 8. The number of hydrogen-bond donors (Lipinski definition) is 2. The molecule has 0 saturated heterocycles. The topological polar surface area (TPSA) is 48.6 Å². The Morgan fingerprint density at radius 2 is 1.02 bits per heavy atom. The second-order valence-electron chi connectivity index (χ2n) is 18.6. The van der Waals surface area contributed by atoms with E-state index in [0.29, 0.717) is 0 Å². The first-order chi connectivity index (χ1) is 31.2. The van der Waals surface area contributed by atoms with Gasteiger partial charge in [-0.3, -0.25) is 0 Å².